The van der Waals surface area contributed by atoms with Gasteiger partial charge in [0.2, 0.25) is 5.91 Å². The standard InChI is InChI=1S/C22H32N2O2/c1-16(2)12-19-20(22(19,3)4)21(25)23-13-18-15-24(10-11-26-18)14-17-8-6-5-7-9-17/h5-9,12,18-20H,10-11,13-15H2,1-4H3,(H,23,25). The van der Waals surface area contributed by atoms with Crippen LogP contribution in [-0.4, -0.2) is 43.2 Å². The van der Waals surface area contributed by atoms with Crippen molar-refractivity contribution in [2.24, 2.45) is 17.3 Å². The summed E-state index contributed by atoms with van der Waals surface area (Å²) in [6.45, 7) is 12.6. The van der Waals surface area contributed by atoms with E-state index in [1.807, 2.05) is 6.07 Å². The number of carbonyl (C=O) groups is 1. The van der Waals surface area contributed by atoms with Crippen LogP contribution in [0, 0.1) is 17.3 Å². The molecule has 1 aromatic rings. The van der Waals surface area contributed by atoms with Crippen molar-refractivity contribution in [3.05, 3.63) is 47.5 Å². The van der Waals surface area contributed by atoms with E-state index in [2.05, 4.69) is 68.3 Å². The first-order valence-corrected chi connectivity index (χ1v) is 9.68. The molecule has 0 spiro atoms. The van der Waals surface area contributed by atoms with Crippen molar-refractivity contribution in [2.75, 3.05) is 26.2 Å². The highest BCUT2D eigenvalue weighted by atomic mass is 16.5. The molecule has 0 aromatic heterocycles. The molecule has 4 heteroatoms. The molecule has 1 aliphatic heterocycles. The van der Waals surface area contributed by atoms with E-state index in [9.17, 15) is 4.79 Å². The molecule has 1 saturated carbocycles. The van der Waals surface area contributed by atoms with Gasteiger partial charge >= 0.3 is 0 Å². The predicted molar refractivity (Wildman–Crippen MR) is 105 cm³/mol. The Labute approximate surface area is 157 Å². The van der Waals surface area contributed by atoms with Gasteiger partial charge in [0.05, 0.1) is 18.6 Å². The predicted octanol–water partition coefficient (Wildman–Crippen LogP) is 3.24. The first kappa shape index (κ1) is 19.1. The number of allylic oxidation sites excluding steroid dienone is 2. The second-order valence-electron chi connectivity index (χ2n) is 8.53. The normalized spacial score (nSPS) is 27.6. The number of carbonyl (C=O) groups excluding carboxylic acids is 1. The molecule has 2 aliphatic rings. The van der Waals surface area contributed by atoms with Crippen LogP contribution in [0.25, 0.3) is 0 Å². The van der Waals surface area contributed by atoms with Gasteiger partial charge in [-0.3, -0.25) is 9.69 Å². The highest BCUT2D eigenvalue weighted by molar-refractivity contribution is 5.83. The third-order valence-corrected chi connectivity index (χ3v) is 5.68. The van der Waals surface area contributed by atoms with E-state index in [0.29, 0.717) is 12.5 Å². The molecule has 3 unspecified atom stereocenters. The monoisotopic (exact) mass is 356 g/mol. The van der Waals surface area contributed by atoms with Gasteiger partial charge < -0.3 is 10.1 Å². The topological polar surface area (TPSA) is 41.6 Å². The van der Waals surface area contributed by atoms with Gasteiger partial charge in [0.1, 0.15) is 0 Å². The molecule has 1 amide bonds. The number of benzene rings is 1. The lowest BCUT2D eigenvalue weighted by Crippen LogP contribution is -2.47. The maximum atomic E-state index is 12.6. The van der Waals surface area contributed by atoms with Gasteiger partial charge in [-0.05, 0) is 30.7 Å². The number of hydrogen-bond acceptors (Lipinski definition) is 3. The molecule has 142 valence electrons. The second kappa shape index (κ2) is 7.93. The fourth-order valence-electron chi connectivity index (χ4n) is 4.06. The molecular formula is C22H32N2O2. The molecular weight excluding hydrogens is 324 g/mol. The summed E-state index contributed by atoms with van der Waals surface area (Å²) < 4.78 is 5.87. The van der Waals surface area contributed by atoms with Gasteiger partial charge in [0, 0.05) is 26.2 Å². The number of amides is 1. The summed E-state index contributed by atoms with van der Waals surface area (Å²) in [4.78, 5) is 15.0. The molecule has 26 heavy (non-hydrogen) atoms. The van der Waals surface area contributed by atoms with Crippen molar-refractivity contribution in [1.29, 1.82) is 0 Å². The third kappa shape index (κ3) is 4.54. The van der Waals surface area contributed by atoms with Gasteiger partial charge in [-0.25, -0.2) is 0 Å². The molecule has 3 rings (SSSR count). The lowest BCUT2D eigenvalue weighted by atomic mass is 10.1. The molecule has 1 aliphatic carbocycles. The molecule has 0 radical (unpaired) electrons. The van der Waals surface area contributed by atoms with Crippen LogP contribution in [0.5, 0.6) is 0 Å². The van der Waals surface area contributed by atoms with Crippen LogP contribution in [0.4, 0.5) is 0 Å². The minimum atomic E-state index is 0.0636. The average molecular weight is 357 g/mol. The van der Waals surface area contributed by atoms with E-state index in [1.54, 1.807) is 0 Å². The first-order valence-electron chi connectivity index (χ1n) is 9.68. The summed E-state index contributed by atoms with van der Waals surface area (Å²) in [5.41, 5.74) is 2.67. The summed E-state index contributed by atoms with van der Waals surface area (Å²) in [6.07, 6.45) is 2.31. The van der Waals surface area contributed by atoms with Gasteiger partial charge in [0.25, 0.3) is 0 Å². The zero-order chi connectivity index (χ0) is 18.7. The first-order chi connectivity index (χ1) is 12.4. The summed E-state index contributed by atoms with van der Waals surface area (Å²) in [5.74, 6) is 0.608. The van der Waals surface area contributed by atoms with Crippen molar-refractivity contribution < 1.29 is 9.53 Å². The molecule has 2 fully saturated rings. The highest BCUT2D eigenvalue weighted by Crippen LogP contribution is 2.59. The van der Waals surface area contributed by atoms with Crippen molar-refractivity contribution in [2.45, 2.75) is 40.3 Å². The summed E-state index contributed by atoms with van der Waals surface area (Å²) in [7, 11) is 0. The lowest BCUT2D eigenvalue weighted by molar-refractivity contribution is -0.124. The number of hydrogen-bond donors (Lipinski definition) is 1. The number of ether oxygens (including phenoxy) is 1. The maximum Gasteiger partial charge on any atom is 0.224 e. The van der Waals surface area contributed by atoms with Gasteiger partial charge in [-0.2, -0.15) is 0 Å². The fourth-order valence-corrected chi connectivity index (χ4v) is 4.06. The Balaban J connectivity index is 1.47. The fraction of sp³-hybridized carbons (Fsp3) is 0.591. The third-order valence-electron chi connectivity index (χ3n) is 5.68. The van der Waals surface area contributed by atoms with Crippen molar-refractivity contribution in [3.8, 4) is 0 Å². The van der Waals surface area contributed by atoms with Crippen LogP contribution >= 0.6 is 0 Å². The van der Waals surface area contributed by atoms with Crippen LogP contribution in [0.1, 0.15) is 33.3 Å². The number of morpholine rings is 1. The Kier molecular flexibility index (Phi) is 5.83. The minimum absolute atomic E-state index is 0.0636. The maximum absolute atomic E-state index is 12.6. The van der Waals surface area contributed by atoms with E-state index >= 15 is 0 Å². The lowest BCUT2D eigenvalue weighted by Gasteiger charge is -2.33. The van der Waals surface area contributed by atoms with Gasteiger partial charge in [-0.1, -0.05) is 55.8 Å². The summed E-state index contributed by atoms with van der Waals surface area (Å²) >= 11 is 0. The van der Waals surface area contributed by atoms with Crippen LogP contribution in [0.3, 0.4) is 0 Å². The van der Waals surface area contributed by atoms with E-state index in [0.717, 1.165) is 26.2 Å². The number of nitrogens with one attached hydrogen (secondary N) is 1. The molecule has 0 bridgehead atoms. The molecule has 1 heterocycles. The Hall–Kier alpha value is -1.65. The summed E-state index contributed by atoms with van der Waals surface area (Å²) in [5, 5.41) is 3.14. The van der Waals surface area contributed by atoms with Crippen molar-refractivity contribution >= 4 is 5.91 Å². The Morgan fingerprint density at radius 3 is 2.73 bits per heavy atom. The van der Waals surface area contributed by atoms with Gasteiger partial charge in [-0.15, -0.1) is 0 Å². The quantitative estimate of drug-likeness (QED) is 0.796. The highest BCUT2D eigenvalue weighted by Gasteiger charge is 2.60. The van der Waals surface area contributed by atoms with E-state index in [1.165, 1.54) is 11.1 Å². The van der Waals surface area contributed by atoms with Gasteiger partial charge in [0.15, 0.2) is 0 Å². The van der Waals surface area contributed by atoms with E-state index < -0.39 is 0 Å². The smallest absolute Gasteiger partial charge is 0.224 e. The molecule has 1 aromatic carbocycles. The van der Waals surface area contributed by atoms with Crippen LogP contribution in [0.15, 0.2) is 42.0 Å². The summed E-state index contributed by atoms with van der Waals surface area (Å²) in [6, 6.07) is 10.5. The van der Waals surface area contributed by atoms with E-state index in [4.69, 9.17) is 4.74 Å². The molecule has 4 nitrogen and oxygen atoms in total. The Morgan fingerprint density at radius 1 is 1.31 bits per heavy atom. The Bertz CT molecular complexity index is 649. The van der Waals surface area contributed by atoms with Crippen LogP contribution in [-0.2, 0) is 16.1 Å². The average Bonchev–Trinajstić information content (AvgIpc) is 3.13. The zero-order valence-electron chi connectivity index (χ0n) is 16.5. The van der Waals surface area contributed by atoms with Crippen molar-refractivity contribution in [3.63, 3.8) is 0 Å². The second-order valence-corrected chi connectivity index (χ2v) is 8.53. The number of rotatable bonds is 6. The molecule has 1 N–H and O–H groups in total. The Morgan fingerprint density at radius 2 is 2.04 bits per heavy atom. The minimum Gasteiger partial charge on any atom is -0.374 e. The van der Waals surface area contributed by atoms with E-state index in [-0.39, 0.29) is 23.3 Å². The zero-order valence-corrected chi connectivity index (χ0v) is 16.5. The largest absolute Gasteiger partial charge is 0.374 e. The number of nitrogens with zero attached hydrogens (tertiary/aromatic N) is 1. The van der Waals surface area contributed by atoms with Crippen molar-refractivity contribution in [1.82, 2.24) is 10.2 Å². The molecule has 1 saturated heterocycles. The van der Waals surface area contributed by atoms with Crippen LogP contribution in [0.2, 0.25) is 0 Å². The molecule has 3 atom stereocenters. The SMILES string of the molecule is CC(C)=CC1C(C(=O)NCC2CN(Cc3ccccc3)CCO2)C1(C)C. The van der Waals surface area contributed by atoms with Crippen LogP contribution < -0.4 is 5.32 Å².